The van der Waals surface area contributed by atoms with Crippen LogP contribution in [0.4, 0.5) is 0 Å². The number of aliphatic hydroxyl groups is 2. The van der Waals surface area contributed by atoms with Crippen molar-refractivity contribution in [3.63, 3.8) is 0 Å². The van der Waals surface area contributed by atoms with E-state index in [2.05, 4.69) is 5.32 Å². The molecular weight excluding hydrogens is 206 g/mol. The average molecular weight is 231 g/mol. The predicted molar refractivity (Wildman–Crippen MR) is 63.7 cm³/mol. The molecule has 3 atom stereocenters. The SMILES string of the molecule is CC1CC(O)N(CCCCNCCN)C1O. The van der Waals surface area contributed by atoms with Crippen LogP contribution >= 0.6 is 0 Å². The van der Waals surface area contributed by atoms with Gasteiger partial charge in [-0.15, -0.1) is 0 Å². The van der Waals surface area contributed by atoms with Crippen molar-refractivity contribution in [2.24, 2.45) is 11.7 Å². The molecule has 0 amide bonds. The summed E-state index contributed by atoms with van der Waals surface area (Å²) in [5, 5.41) is 22.7. The highest BCUT2D eigenvalue weighted by atomic mass is 16.3. The first-order chi connectivity index (χ1) is 7.66. The van der Waals surface area contributed by atoms with Crippen LogP contribution in [-0.2, 0) is 0 Å². The Morgan fingerprint density at radius 2 is 2.06 bits per heavy atom. The van der Waals surface area contributed by atoms with E-state index in [0.717, 1.165) is 32.5 Å². The second-order valence-electron chi connectivity index (χ2n) is 4.59. The summed E-state index contributed by atoms with van der Waals surface area (Å²) in [7, 11) is 0. The van der Waals surface area contributed by atoms with Crippen LogP contribution in [0.25, 0.3) is 0 Å². The maximum Gasteiger partial charge on any atom is 0.112 e. The standard InChI is InChI=1S/C11H25N3O2/c1-9-8-10(15)14(11(9)16)7-3-2-5-13-6-4-12/h9-11,13,15-16H,2-8,12H2,1H3. The van der Waals surface area contributed by atoms with Crippen LogP contribution in [0.3, 0.4) is 0 Å². The normalized spacial score (nSPS) is 31.1. The summed E-state index contributed by atoms with van der Waals surface area (Å²) in [4.78, 5) is 1.79. The fourth-order valence-corrected chi connectivity index (χ4v) is 2.15. The molecule has 0 radical (unpaired) electrons. The number of rotatable bonds is 7. The summed E-state index contributed by atoms with van der Waals surface area (Å²) in [5.74, 6) is 0.172. The average Bonchev–Trinajstić information content (AvgIpc) is 2.49. The Morgan fingerprint density at radius 3 is 2.62 bits per heavy atom. The van der Waals surface area contributed by atoms with E-state index in [4.69, 9.17) is 5.73 Å². The lowest BCUT2D eigenvalue weighted by molar-refractivity contribution is -0.0607. The van der Waals surface area contributed by atoms with Crippen molar-refractivity contribution in [1.29, 1.82) is 0 Å². The van der Waals surface area contributed by atoms with Gasteiger partial charge in [0.2, 0.25) is 0 Å². The van der Waals surface area contributed by atoms with Gasteiger partial charge in [-0.25, -0.2) is 0 Å². The van der Waals surface area contributed by atoms with Gasteiger partial charge in [0.15, 0.2) is 0 Å². The van der Waals surface area contributed by atoms with Crippen molar-refractivity contribution in [1.82, 2.24) is 10.2 Å². The molecular formula is C11H25N3O2. The van der Waals surface area contributed by atoms with E-state index in [1.54, 1.807) is 4.90 Å². The zero-order valence-corrected chi connectivity index (χ0v) is 10.1. The van der Waals surface area contributed by atoms with Crippen LogP contribution in [0, 0.1) is 5.92 Å². The van der Waals surface area contributed by atoms with Gasteiger partial charge >= 0.3 is 0 Å². The minimum absolute atomic E-state index is 0.172. The fraction of sp³-hybridized carbons (Fsp3) is 1.00. The van der Waals surface area contributed by atoms with Crippen LogP contribution < -0.4 is 11.1 Å². The molecule has 5 heteroatoms. The van der Waals surface area contributed by atoms with E-state index in [-0.39, 0.29) is 5.92 Å². The molecule has 0 aromatic rings. The third-order valence-corrected chi connectivity index (χ3v) is 3.16. The largest absolute Gasteiger partial charge is 0.378 e. The molecule has 96 valence electrons. The number of hydrogen-bond donors (Lipinski definition) is 4. The number of nitrogens with zero attached hydrogens (tertiary/aromatic N) is 1. The number of aliphatic hydroxyl groups excluding tert-OH is 2. The molecule has 5 nitrogen and oxygen atoms in total. The lowest BCUT2D eigenvalue weighted by Gasteiger charge is -2.24. The molecule has 0 spiro atoms. The molecule has 1 saturated heterocycles. The van der Waals surface area contributed by atoms with Crippen molar-refractivity contribution < 1.29 is 10.2 Å². The number of unbranched alkanes of at least 4 members (excludes halogenated alkanes) is 1. The second kappa shape index (κ2) is 7.19. The fourth-order valence-electron chi connectivity index (χ4n) is 2.15. The van der Waals surface area contributed by atoms with Gasteiger partial charge in [-0.2, -0.15) is 0 Å². The molecule has 5 N–H and O–H groups in total. The Labute approximate surface area is 97.6 Å². The minimum atomic E-state index is -0.480. The van der Waals surface area contributed by atoms with Crippen LogP contribution in [0.5, 0.6) is 0 Å². The van der Waals surface area contributed by atoms with Gasteiger partial charge in [0, 0.05) is 19.6 Å². The van der Waals surface area contributed by atoms with Gasteiger partial charge in [0.1, 0.15) is 12.5 Å². The molecule has 1 aliphatic heterocycles. The van der Waals surface area contributed by atoms with Gasteiger partial charge < -0.3 is 21.3 Å². The van der Waals surface area contributed by atoms with Gasteiger partial charge in [-0.05, 0) is 31.7 Å². The molecule has 16 heavy (non-hydrogen) atoms. The summed E-state index contributed by atoms with van der Waals surface area (Å²) < 4.78 is 0. The molecule has 1 aliphatic rings. The second-order valence-corrected chi connectivity index (χ2v) is 4.59. The van der Waals surface area contributed by atoms with Crippen LogP contribution in [-0.4, -0.2) is 53.7 Å². The number of hydrogen-bond acceptors (Lipinski definition) is 5. The summed E-state index contributed by atoms with van der Waals surface area (Å²) in [6, 6.07) is 0. The first-order valence-electron chi connectivity index (χ1n) is 6.19. The highest BCUT2D eigenvalue weighted by Crippen LogP contribution is 2.26. The maximum atomic E-state index is 9.80. The lowest BCUT2D eigenvalue weighted by atomic mass is 10.1. The van der Waals surface area contributed by atoms with Crippen molar-refractivity contribution in [2.75, 3.05) is 26.2 Å². The molecule has 0 bridgehead atoms. The Morgan fingerprint density at radius 1 is 1.31 bits per heavy atom. The lowest BCUT2D eigenvalue weighted by Crippen LogP contribution is -2.38. The topological polar surface area (TPSA) is 81.8 Å². The molecule has 3 unspecified atom stereocenters. The monoisotopic (exact) mass is 231 g/mol. The Kier molecular flexibility index (Phi) is 6.23. The van der Waals surface area contributed by atoms with E-state index in [9.17, 15) is 10.2 Å². The smallest absolute Gasteiger partial charge is 0.112 e. The van der Waals surface area contributed by atoms with Crippen LogP contribution in [0.2, 0.25) is 0 Å². The van der Waals surface area contributed by atoms with E-state index >= 15 is 0 Å². The maximum absolute atomic E-state index is 9.80. The zero-order chi connectivity index (χ0) is 12.0. The Hall–Kier alpha value is -0.200. The van der Waals surface area contributed by atoms with E-state index in [1.807, 2.05) is 6.92 Å². The van der Waals surface area contributed by atoms with E-state index < -0.39 is 12.5 Å². The molecule has 0 saturated carbocycles. The third kappa shape index (κ3) is 3.99. The zero-order valence-electron chi connectivity index (χ0n) is 10.1. The van der Waals surface area contributed by atoms with Crippen LogP contribution in [0.15, 0.2) is 0 Å². The first kappa shape index (κ1) is 13.9. The van der Waals surface area contributed by atoms with Crippen molar-refractivity contribution in [2.45, 2.75) is 38.6 Å². The predicted octanol–water partition coefficient (Wildman–Crippen LogP) is -0.706. The molecule has 0 aliphatic carbocycles. The highest BCUT2D eigenvalue weighted by molar-refractivity contribution is 4.80. The molecule has 1 fully saturated rings. The third-order valence-electron chi connectivity index (χ3n) is 3.16. The number of nitrogens with one attached hydrogen (secondary N) is 1. The minimum Gasteiger partial charge on any atom is -0.378 e. The summed E-state index contributed by atoms with van der Waals surface area (Å²) in [6.45, 7) is 5.20. The van der Waals surface area contributed by atoms with E-state index in [1.165, 1.54) is 0 Å². The Bertz CT molecular complexity index is 192. The van der Waals surface area contributed by atoms with Gasteiger partial charge in [-0.1, -0.05) is 6.92 Å². The van der Waals surface area contributed by atoms with Crippen molar-refractivity contribution >= 4 is 0 Å². The van der Waals surface area contributed by atoms with Crippen molar-refractivity contribution in [3.05, 3.63) is 0 Å². The van der Waals surface area contributed by atoms with Gasteiger partial charge in [0.25, 0.3) is 0 Å². The van der Waals surface area contributed by atoms with Gasteiger partial charge in [0.05, 0.1) is 0 Å². The number of likely N-dealkylation sites (tertiary alicyclic amines) is 1. The molecule has 0 aromatic carbocycles. The quantitative estimate of drug-likeness (QED) is 0.435. The molecule has 0 aromatic heterocycles. The van der Waals surface area contributed by atoms with Crippen LogP contribution in [0.1, 0.15) is 26.2 Å². The first-order valence-corrected chi connectivity index (χ1v) is 6.19. The van der Waals surface area contributed by atoms with E-state index in [0.29, 0.717) is 13.0 Å². The number of nitrogens with two attached hydrogens (primary N) is 1. The summed E-state index contributed by atoms with van der Waals surface area (Å²) in [5.41, 5.74) is 5.36. The van der Waals surface area contributed by atoms with Gasteiger partial charge in [-0.3, -0.25) is 4.90 Å². The highest BCUT2D eigenvalue weighted by Gasteiger charge is 2.35. The molecule has 1 rings (SSSR count). The summed E-state index contributed by atoms with van der Waals surface area (Å²) in [6.07, 6.45) is 1.75. The van der Waals surface area contributed by atoms with Crippen molar-refractivity contribution in [3.8, 4) is 0 Å². The Balaban J connectivity index is 2.08. The summed E-state index contributed by atoms with van der Waals surface area (Å²) >= 11 is 0. The molecule has 1 heterocycles.